The average molecular weight is 289 g/mol. The minimum atomic E-state index is 0.428. The van der Waals surface area contributed by atoms with Crippen LogP contribution in [0.4, 0.5) is 0 Å². The van der Waals surface area contributed by atoms with Crippen LogP contribution in [-0.4, -0.2) is 16.3 Å². The molecule has 3 nitrogen and oxygen atoms in total. The molecule has 2 aromatic rings. The largest absolute Gasteiger partial charge is 0.313 e. The molecule has 2 rings (SSSR count). The highest BCUT2D eigenvalue weighted by molar-refractivity contribution is 7.98. The van der Waals surface area contributed by atoms with Gasteiger partial charge in [0.05, 0.1) is 5.69 Å². The molecule has 0 aliphatic carbocycles. The van der Waals surface area contributed by atoms with Crippen LogP contribution in [0.1, 0.15) is 38.1 Å². The lowest BCUT2D eigenvalue weighted by atomic mass is 10.2. The first-order chi connectivity index (χ1) is 9.69. The highest BCUT2D eigenvalue weighted by atomic mass is 32.2. The van der Waals surface area contributed by atoms with E-state index < -0.39 is 0 Å². The van der Waals surface area contributed by atoms with Gasteiger partial charge in [0.25, 0.3) is 0 Å². The standard InChI is InChI=1S/C16H23N3S/c1-4-17-11-14-6-5-7-16(10-14)20-12-15-8-9-19(18-15)13(2)3/h5-10,13,17H,4,11-12H2,1-3H3. The van der Waals surface area contributed by atoms with Crippen LogP contribution in [0.25, 0.3) is 0 Å². The summed E-state index contributed by atoms with van der Waals surface area (Å²) in [6.07, 6.45) is 2.06. The van der Waals surface area contributed by atoms with Crippen molar-refractivity contribution in [2.75, 3.05) is 6.54 Å². The van der Waals surface area contributed by atoms with E-state index in [0.717, 1.165) is 24.5 Å². The summed E-state index contributed by atoms with van der Waals surface area (Å²) >= 11 is 1.84. The molecule has 4 heteroatoms. The molecule has 108 valence electrons. The first kappa shape index (κ1) is 15.1. The van der Waals surface area contributed by atoms with Crippen molar-refractivity contribution in [3.63, 3.8) is 0 Å². The fourth-order valence-corrected chi connectivity index (χ4v) is 2.79. The van der Waals surface area contributed by atoms with Gasteiger partial charge >= 0.3 is 0 Å². The monoisotopic (exact) mass is 289 g/mol. The first-order valence-electron chi connectivity index (χ1n) is 7.15. The molecule has 0 bridgehead atoms. The molecule has 0 saturated heterocycles. The minimum absolute atomic E-state index is 0.428. The molecule has 1 aromatic heterocycles. The number of hydrogen-bond donors (Lipinski definition) is 1. The second-order valence-electron chi connectivity index (χ2n) is 5.10. The summed E-state index contributed by atoms with van der Waals surface area (Å²) in [4.78, 5) is 1.31. The van der Waals surface area contributed by atoms with Gasteiger partial charge in [-0.2, -0.15) is 5.10 Å². The van der Waals surface area contributed by atoms with E-state index in [-0.39, 0.29) is 0 Å². The third kappa shape index (κ3) is 4.39. The third-order valence-corrected chi connectivity index (χ3v) is 4.08. The number of rotatable bonds is 7. The summed E-state index contributed by atoms with van der Waals surface area (Å²) in [6, 6.07) is 11.3. The normalized spacial score (nSPS) is 11.2. The van der Waals surface area contributed by atoms with Crippen LogP contribution in [0.2, 0.25) is 0 Å². The molecule has 0 atom stereocenters. The van der Waals surface area contributed by atoms with E-state index in [1.165, 1.54) is 10.5 Å². The molecule has 1 heterocycles. The zero-order valence-electron chi connectivity index (χ0n) is 12.5. The molecule has 0 saturated carbocycles. The predicted octanol–water partition coefficient (Wildman–Crippen LogP) is 3.87. The Balaban J connectivity index is 1.92. The van der Waals surface area contributed by atoms with Crippen molar-refractivity contribution in [1.82, 2.24) is 15.1 Å². The van der Waals surface area contributed by atoms with Gasteiger partial charge in [-0.05, 0) is 44.2 Å². The number of nitrogens with one attached hydrogen (secondary N) is 1. The topological polar surface area (TPSA) is 29.9 Å². The second kappa shape index (κ2) is 7.50. The maximum Gasteiger partial charge on any atom is 0.0727 e. The fraction of sp³-hybridized carbons (Fsp3) is 0.438. The van der Waals surface area contributed by atoms with Gasteiger partial charge in [-0.3, -0.25) is 4.68 Å². The van der Waals surface area contributed by atoms with Gasteiger partial charge in [0.2, 0.25) is 0 Å². The van der Waals surface area contributed by atoms with Crippen molar-refractivity contribution >= 4 is 11.8 Å². The third-order valence-electron chi connectivity index (χ3n) is 3.06. The van der Waals surface area contributed by atoms with E-state index >= 15 is 0 Å². The summed E-state index contributed by atoms with van der Waals surface area (Å²) in [7, 11) is 0. The molecule has 20 heavy (non-hydrogen) atoms. The molecule has 0 amide bonds. The molecular weight excluding hydrogens is 266 g/mol. The van der Waals surface area contributed by atoms with E-state index in [2.05, 4.69) is 67.7 Å². The quantitative estimate of drug-likeness (QED) is 0.785. The van der Waals surface area contributed by atoms with Gasteiger partial charge in [0, 0.05) is 29.4 Å². The predicted molar refractivity (Wildman–Crippen MR) is 86.0 cm³/mol. The Labute approximate surface area is 125 Å². The number of benzene rings is 1. The van der Waals surface area contributed by atoms with Crippen LogP contribution in [0.5, 0.6) is 0 Å². The Bertz CT molecular complexity index is 534. The SMILES string of the molecule is CCNCc1cccc(SCc2ccn(C(C)C)n2)c1. The second-order valence-corrected chi connectivity index (χ2v) is 6.15. The van der Waals surface area contributed by atoms with Crippen LogP contribution in [0.15, 0.2) is 41.4 Å². The molecule has 0 unspecified atom stereocenters. The highest BCUT2D eigenvalue weighted by Crippen LogP contribution is 2.23. The lowest BCUT2D eigenvalue weighted by molar-refractivity contribution is 0.529. The Hall–Kier alpha value is -1.26. The van der Waals surface area contributed by atoms with Gasteiger partial charge in [0.15, 0.2) is 0 Å². The van der Waals surface area contributed by atoms with Crippen molar-refractivity contribution in [2.45, 2.75) is 44.0 Å². The fourth-order valence-electron chi connectivity index (χ4n) is 1.91. The number of nitrogens with zero attached hydrogens (tertiary/aromatic N) is 2. The van der Waals surface area contributed by atoms with Gasteiger partial charge in [-0.25, -0.2) is 0 Å². The number of thioether (sulfide) groups is 1. The van der Waals surface area contributed by atoms with Crippen LogP contribution < -0.4 is 5.32 Å². The van der Waals surface area contributed by atoms with Crippen LogP contribution in [-0.2, 0) is 12.3 Å². The van der Waals surface area contributed by atoms with Crippen molar-refractivity contribution in [3.05, 3.63) is 47.8 Å². The minimum Gasteiger partial charge on any atom is -0.313 e. The summed E-state index contributed by atoms with van der Waals surface area (Å²) < 4.78 is 2.01. The van der Waals surface area contributed by atoms with Crippen LogP contribution >= 0.6 is 11.8 Å². The van der Waals surface area contributed by atoms with Crippen molar-refractivity contribution < 1.29 is 0 Å². The zero-order chi connectivity index (χ0) is 14.4. The zero-order valence-corrected chi connectivity index (χ0v) is 13.3. The van der Waals surface area contributed by atoms with Crippen LogP contribution in [0, 0.1) is 0 Å². The molecule has 0 spiro atoms. The Morgan fingerprint density at radius 1 is 1.30 bits per heavy atom. The van der Waals surface area contributed by atoms with E-state index in [1.54, 1.807) is 0 Å². The first-order valence-corrected chi connectivity index (χ1v) is 8.14. The van der Waals surface area contributed by atoms with E-state index in [9.17, 15) is 0 Å². The Kier molecular flexibility index (Phi) is 5.68. The maximum atomic E-state index is 4.58. The van der Waals surface area contributed by atoms with Crippen molar-refractivity contribution in [2.24, 2.45) is 0 Å². The molecule has 0 aliphatic rings. The average Bonchev–Trinajstić information content (AvgIpc) is 2.92. The highest BCUT2D eigenvalue weighted by Gasteiger charge is 2.03. The van der Waals surface area contributed by atoms with Gasteiger partial charge < -0.3 is 5.32 Å². The van der Waals surface area contributed by atoms with Gasteiger partial charge in [-0.1, -0.05) is 19.1 Å². The van der Waals surface area contributed by atoms with Gasteiger partial charge in [-0.15, -0.1) is 11.8 Å². The lowest BCUT2D eigenvalue weighted by Crippen LogP contribution is -2.11. The summed E-state index contributed by atoms with van der Waals surface area (Å²) in [6.45, 7) is 8.36. The lowest BCUT2D eigenvalue weighted by Gasteiger charge is -2.06. The molecule has 0 radical (unpaired) electrons. The number of hydrogen-bond acceptors (Lipinski definition) is 3. The molecule has 0 fully saturated rings. The van der Waals surface area contributed by atoms with E-state index in [4.69, 9.17) is 0 Å². The number of aromatic nitrogens is 2. The van der Waals surface area contributed by atoms with Gasteiger partial charge in [0.1, 0.15) is 0 Å². The molecular formula is C16H23N3S. The smallest absolute Gasteiger partial charge is 0.0727 e. The van der Waals surface area contributed by atoms with E-state index in [1.807, 2.05) is 16.4 Å². The molecule has 1 N–H and O–H groups in total. The maximum absolute atomic E-state index is 4.58. The summed E-state index contributed by atoms with van der Waals surface area (Å²) in [5.74, 6) is 0.921. The van der Waals surface area contributed by atoms with Crippen LogP contribution in [0.3, 0.4) is 0 Å². The molecule has 1 aromatic carbocycles. The van der Waals surface area contributed by atoms with E-state index in [0.29, 0.717) is 6.04 Å². The Morgan fingerprint density at radius 3 is 2.85 bits per heavy atom. The molecule has 0 aliphatic heterocycles. The summed E-state index contributed by atoms with van der Waals surface area (Å²) in [5.41, 5.74) is 2.48. The summed E-state index contributed by atoms with van der Waals surface area (Å²) in [5, 5.41) is 7.94. The van der Waals surface area contributed by atoms with Crippen molar-refractivity contribution in [1.29, 1.82) is 0 Å². The van der Waals surface area contributed by atoms with Crippen molar-refractivity contribution in [3.8, 4) is 0 Å². The Morgan fingerprint density at radius 2 is 2.15 bits per heavy atom.